The molecule has 5 nitrogen and oxygen atoms in total. The van der Waals surface area contributed by atoms with Crippen LogP contribution in [0.2, 0.25) is 5.02 Å². The van der Waals surface area contributed by atoms with Crippen molar-refractivity contribution in [2.24, 2.45) is 0 Å². The second kappa shape index (κ2) is 6.14. The van der Waals surface area contributed by atoms with Gasteiger partial charge in [0.05, 0.1) is 17.8 Å². The number of nitrogens with one attached hydrogen (secondary N) is 2. The van der Waals surface area contributed by atoms with Crippen LogP contribution in [-0.2, 0) is 0 Å². The lowest BCUT2D eigenvalue weighted by Gasteiger charge is -2.09. The number of halogens is 1. The molecule has 0 fully saturated rings. The fourth-order valence-corrected chi connectivity index (χ4v) is 2.42. The van der Waals surface area contributed by atoms with E-state index in [-0.39, 0.29) is 11.0 Å². The first-order chi connectivity index (χ1) is 11.1. The van der Waals surface area contributed by atoms with E-state index in [9.17, 15) is 9.59 Å². The smallest absolute Gasteiger partial charge is 0.261 e. The predicted molar refractivity (Wildman–Crippen MR) is 90.5 cm³/mol. The summed E-state index contributed by atoms with van der Waals surface area (Å²) >= 11 is 6.06. The fourth-order valence-electron chi connectivity index (χ4n) is 2.25. The number of anilines is 1. The highest BCUT2D eigenvalue weighted by molar-refractivity contribution is 6.34. The number of ether oxygens (including phenoxy) is 1. The van der Waals surface area contributed by atoms with E-state index < -0.39 is 5.91 Å². The molecule has 0 spiro atoms. The van der Waals surface area contributed by atoms with Gasteiger partial charge in [-0.2, -0.15) is 0 Å². The Morgan fingerprint density at radius 3 is 2.78 bits per heavy atom. The van der Waals surface area contributed by atoms with Crippen molar-refractivity contribution in [1.29, 1.82) is 0 Å². The van der Waals surface area contributed by atoms with E-state index in [2.05, 4.69) is 10.3 Å². The molecule has 23 heavy (non-hydrogen) atoms. The molecule has 0 saturated carbocycles. The summed E-state index contributed by atoms with van der Waals surface area (Å²) in [5.74, 6) is 0.0178. The molecule has 116 valence electrons. The Kier molecular flexibility index (Phi) is 4.04. The van der Waals surface area contributed by atoms with Crippen LogP contribution in [-0.4, -0.2) is 18.0 Å². The summed E-state index contributed by atoms with van der Waals surface area (Å²) in [6.07, 6.45) is 1.40. The molecule has 6 heteroatoms. The average molecular weight is 329 g/mol. The number of H-pyrrole nitrogens is 1. The van der Waals surface area contributed by atoms with Gasteiger partial charge in [0, 0.05) is 23.2 Å². The van der Waals surface area contributed by atoms with Crippen LogP contribution >= 0.6 is 11.6 Å². The predicted octanol–water partition coefficient (Wildman–Crippen LogP) is 3.44. The van der Waals surface area contributed by atoms with Crippen molar-refractivity contribution in [3.05, 3.63) is 69.5 Å². The highest BCUT2D eigenvalue weighted by atomic mass is 35.5. The van der Waals surface area contributed by atoms with Crippen molar-refractivity contribution >= 4 is 34.1 Å². The summed E-state index contributed by atoms with van der Waals surface area (Å²) < 4.78 is 5.10. The number of hydrogen-bond acceptors (Lipinski definition) is 3. The molecule has 2 N–H and O–H groups in total. The number of rotatable bonds is 3. The monoisotopic (exact) mass is 328 g/mol. The second-order valence-electron chi connectivity index (χ2n) is 4.88. The summed E-state index contributed by atoms with van der Waals surface area (Å²) in [7, 11) is 1.52. The molecule has 1 heterocycles. The van der Waals surface area contributed by atoms with Crippen molar-refractivity contribution in [3.63, 3.8) is 0 Å². The highest BCUT2D eigenvalue weighted by Crippen LogP contribution is 2.27. The van der Waals surface area contributed by atoms with E-state index in [0.717, 1.165) is 0 Å². The molecule has 0 radical (unpaired) electrons. The third-order valence-electron chi connectivity index (χ3n) is 3.45. The van der Waals surface area contributed by atoms with Gasteiger partial charge >= 0.3 is 0 Å². The Morgan fingerprint density at radius 2 is 2.00 bits per heavy atom. The lowest BCUT2D eigenvalue weighted by atomic mass is 10.1. The molecular weight excluding hydrogens is 316 g/mol. The van der Waals surface area contributed by atoms with Crippen molar-refractivity contribution in [1.82, 2.24) is 4.98 Å². The van der Waals surface area contributed by atoms with Gasteiger partial charge in [-0.05, 0) is 24.3 Å². The van der Waals surface area contributed by atoms with Crippen LogP contribution in [0.1, 0.15) is 10.4 Å². The van der Waals surface area contributed by atoms with Gasteiger partial charge in [0.25, 0.3) is 5.91 Å². The molecular formula is C17H13ClN2O3. The molecule has 1 amide bonds. The number of aromatic nitrogens is 1. The Hall–Kier alpha value is -2.79. The van der Waals surface area contributed by atoms with Gasteiger partial charge < -0.3 is 15.0 Å². The highest BCUT2D eigenvalue weighted by Gasteiger charge is 2.14. The van der Waals surface area contributed by atoms with Gasteiger partial charge in [-0.3, -0.25) is 9.59 Å². The van der Waals surface area contributed by atoms with Gasteiger partial charge in [0.1, 0.15) is 11.3 Å². The largest absolute Gasteiger partial charge is 0.497 e. The van der Waals surface area contributed by atoms with Crippen LogP contribution in [0.15, 0.2) is 53.5 Å². The molecule has 0 saturated heterocycles. The molecule has 0 bridgehead atoms. The maximum Gasteiger partial charge on any atom is 0.261 e. The number of amides is 1. The third-order valence-corrected chi connectivity index (χ3v) is 3.78. The molecule has 0 aliphatic carbocycles. The first kappa shape index (κ1) is 15.1. The first-order valence-electron chi connectivity index (χ1n) is 6.85. The number of carbonyl (C=O) groups is 1. The molecule has 3 aromatic rings. The van der Waals surface area contributed by atoms with Gasteiger partial charge in [-0.25, -0.2) is 0 Å². The van der Waals surface area contributed by atoms with Crippen molar-refractivity contribution in [3.8, 4) is 5.75 Å². The average Bonchev–Trinajstić information content (AvgIpc) is 2.57. The minimum atomic E-state index is -0.535. The molecule has 2 aromatic carbocycles. The first-order valence-corrected chi connectivity index (χ1v) is 7.23. The summed E-state index contributed by atoms with van der Waals surface area (Å²) in [5, 5.41) is 3.45. The normalized spacial score (nSPS) is 10.5. The molecule has 0 aliphatic heterocycles. The zero-order valence-corrected chi connectivity index (χ0v) is 13.0. The topological polar surface area (TPSA) is 71.2 Å². The van der Waals surface area contributed by atoms with Crippen LogP contribution in [0, 0.1) is 0 Å². The van der Waals surface area contributed by atoms with Crippen molar-refractivity contribution < 1.29 is 9.53 Å². The molecule has 1 aromatic heterocycles. The van der Waals surface area contributed by atoms with Crippen LogP contribution < -0.4 is 15.5 Å². The summed E-state index contributed by atoms with van der Waals surface area (Å²) in [6, 6.07) is 11.9. The maximum atomic E-state index is 12.4. The van der Waals surface area contributed by atoms with Crippen LogP contribution in [0.25, 0.3) is 10.9 Å². The number of carbonyl (C=O) groups excluding carboxylic acids is 1. The number of methoxy groups -OCH3 is 1. The number of benzene rings is 2. The van der Waals surface area contributed by atoms with Crippen LogP contribution in [0.3, 0.4) is 0 Å². The zero-order chi connectivity index (χ0) is 16.4. The van der Waals surface area contributed by atoms with Crippen molar-refractivity contribution in [2.45, 2.75) is 0 Å². The van der Waals surface area contributed by atoms with Crippen LogP contribution in [0.5, 0.6) is 5.75 Å². The summed E-state index contributed by atoms with van der Waals surface area (Å²) in [4.78, 5) is 27.8. The van der Waals surface area contributed by atoms with Crippen molar-refractivity contribution in [2.75, 3.05) is 12.4 Å². The second-order valence-corrected chi connectivity index (χ2v) is 5.28. The van der Waals surface area contributed by atoms with E-state index in [1.165, 1.54) is 13.3 Å². The minimum Gasteiger partial charge on any atom is -0.497 e. The lowest BCUT2D eigenvalue weighted by molar-refractivity contribution is 0.102. The molecule has 3 rings (SSSR count). The maximum absolute atomic E-state index is 12.4. The SMILES string of the molecule is COc1ccc(Cl)c(NC(=O)c2c[nH]c3ccccc3c2=O)c1. The third kappa shape index (κ3) is 2.91. The quantitative estimate of drug-likeness (QED) is 0.773. The number of aromatic amines is 1. The van der Waals surface area contributed by atoms with Gasteiger partial charge in [-0.1, -0.05) is 23.7 Å². The Balaban J connectivity index is 1.98. The van der Waals surface area contributed by atoms with Gasteiger partial charge in [-0.15, -0.1) is 0 Å². The Bertz CT molecular complexity index is 950. The van der Waals surface area contributed by atoms with Gasteiger partial charge in [0.15, 0.2) is 0 Å². The van der Waals surface area contributed by atoms with Gasteiger partial charge in [0.2, 0.25) is 5.43 Å². The Morgan fingerprint density at radius 1 is 1.22 bits per heavy atom. The number of para-hydroxylation sites is 1. The molecule has 0 atom stereocenters. The van der Waals surface area contributed by atoms with E-state index in [0.29, 0.717) is 27.4 Å². The number of hydrogen-bond donors (Lipinski definition) is 2. The minimum absolute atomic E-state index is 0.0163. The Labute approximate surface area is 136 Å². The van der Waals surface area contributed by atoms with E-state index in [1.807, 2.05) is 6.07 Å². The number of pyridine rings is 1. The van der Waals surface area contributed by atoms with E-state index in [4.69, 9.17) is 16.3 Å². The fraction of sp³-hybridized carbons (Fsp3) is 0.0588. The van der Waals surface area contributed by atoms with E-state index >= 15 is 0 Å². The molecule has 0 unspecified atom stereocenters. The number of fused-ring (bicyclic) bond motifs is 1. The van der Waals surface area contributed by atoms with E-state index in [1.54, 1.807) is 36.4 Å². The summed E-state index contributed by atoms with van der Waals surface area (Å²) in [5.41, 5.74) is 0.732. The van der Waals surface area contributed by atoms with Crippen LogP contribution in [0.4, 0.5) is 5.69 Å². The summed E-state index contributed by atoms with van der Waals surface area (Å²) in [6.45, 7) is 0. The standard InChI is InChI=1S/C17H13ClN2O3/c1-23-10-6-7-13(18)15(8-10)20-17(22)12-9-19-14-5-3-2-4-11(14)16(12)21/h2-9H,1H3,(H,19,21)(H,20,22). The zero-order valence-electron chi connectivity index (χ0n) is 12.2. The molecule has 0 aliphatic rings. The lowest BCUT2D eigenvalue weighted by Crippen LogP contribution is -2.22.